The maximum atomic E-state index is 14.3. The first-order valence-electron chi connectivity index (χ1n) is 8.75. The van der Waals surface area contributed by atoms with Gasteiger partial charge in [0.05, 0.1) is 16.6 Å². The van der Waals surface area contributed by atoms with Crippen molar-refractivity contribution < 1.29 is 14.3 Å². The van der Waals surface area contributed by atoms with Crippen LogP contribution in [-0.4, -0.2) is 34.7 Å². The third kappa shape index (κ3) is 3.64. The molecule has 0 spiro atoms. The summed E-state index contributed by atoms with van der Waals surface area (Å²) in [5, 5.41) is 8.99. The number of nitrogens with zero attached hydrogens (tertiary/aromatic N) is 3. The van der Waals surface area contributed by atoms with E-state index in [9.17, 15) is 14.0 Å². The minimum Gasteiger partial charge on any atom is -0.478 e. The van der Waals surface area contributed by atoms with E-state index in [1.54, 1.807) is 0 Å². The van der Waals surface area contributed by atoms with Crippen LogP contribution in [0.4, 0.5) is 10.1 Å². The molecule has 0 radical (unpaired) electrons. The average molecular weight is 381 g/mol. The van der Waals surface area contributed by atoms with Gasteiger partial charge in [0.15, 0.2) is 0 Å². The molecule has 3 rings (SSSR count). The molecule has 0 atom stereocenters. The highest BCUT2D eigenvalue weighted by Crippen LogP contribution is 2.20. The lowest BCUT2D eigenvalue weighted by atomic mass is 10.1. The van der Waals surface area contributed by atoms with E-state index >= 15 is 0 Å². The third-order valence-corrected chi connectivity index (χ3v) is 4.40. The number of halogens is 1. The molecule has 0 amide bonds. The zero-order chi connectivity index (χ0) is 20.4. The quantitative estimate of drug-likeness (QED) is 0.687. The van der Waals surface area contributed by atoms with Crippen LogP contribution in [0.25, 0.3) is 22.7 Å². The summed E-state index contributed by atoms with van der Waals surface area (Å²) in [6.45, 7) is 1.87. The molecule has 1 N–H and O–H groups in total. The van der Waals surface area contributed by atoms with E-state index in [4.69, 9.17) is 5.11 Å². The van der Waals surface area contributed by atoms with Crippen molar-refractivity contribution in [1.29, 1.82) is 0 Å². The van der Waals surface area contributed by atoms with Gasteiger partial charge in [-0.15, -0.1) is 0 Å². The highest BCUT2D eigenvalue weighted by atomic mass is 19.1. The van der Waals surface area contributed by atoms with Crippen molar-refractivity contribution in [2.75, 3.05) is 19.0 Å². The summed E-state index contributed by atoms with van der Waals surface area (Å²) in [5.74, 6) is -1.31. The second-order valence-corrected chi connectivity index (χ2v) is 6.50. The molecule has 0 bridgehead atoms. The van der Waals surface area contributed by atoms with E-state index in [1.165, 1.54) is 10.6 Å². The summed E-state index contributed by atoms with van der Waals surface area (Å²) in [6, 6.07) is 9.96. The Labute approximate surface area is 161 Å². The van der Waals surface area contributed by atoms with Gasteiger partial charge < -0.3 is 10.0 Å². The predicted molar refractivity (Wildman–Crippen MR) is 108 cm³/mol. The lowest BCUT2D eigenvalue weighted by Gasteiger charge is -2.16. The number of fused-ring (bicyclic) bond motifs is 1. The minimum atomic E-state index is -1.20. The zero-order valence-corrected chi connectivity index (χ0v) is 15.8. The van der Waals surface area contributed by atoms with Crippen LogP contribution >= 0.6 is 0 Å². The smallest absolute Gasteiger partial charge is 0.328 e. The molecule has 0 saturated heterocycles. The molecule has 7 heteroatoms. The number of anilines is 1. The van der Waals surface area contributed by atoms with Crippen molar-refractivity contribution in [3.8, 4) is 5.69 Å². The van der Waals surface area contributed by atoms with Crippen LogP contribution in [0.15, 0.2) is 47.3 Å². The van der Waals surface area contributed by atoms with Crippen molar-refractivity contribution in [2.24, 2.45) is 0 Å². The van der Waals surface area contributed by atoms with Crippen LogP contribution in [0.1, 0.15) is 18.3 Å². The van der Waals surface area contributed by atoms with E-state index in [0.717, 1.165) is 23.9 Å². The molecular formula is C21H20FN3O3. The molecule has 1 aromatic heterocycles. The standard InChI is InChI=1S/C21H20FN3O3/c1-4-19-23-18-12-17(22)13(5-10-20(26)27)11-16(18)21(28)25(19)15-8-6-14(7-9-15)24(2)3/h5-12H,4H2,1-3H3,(H,26,27). The van der Waals surface area contributed by atoms with Crippen molar-refractivity contribution in [2.45, 2.75) is 13.3 Å². The number of hydrogen-bond acceptors (Lipinski definition) is 4. The van der Waals surface area contributed by atoms with Crippen molar-refractivity contribution >= 4 is 28.6 Å². The van der Waals surface area contributed by atoms with E-state index in [-0.39, 0.29) is 22.0 Å². The number of carboxylic acid groups (broad SMARTS) is 1. The topological polar surface area (TPSA) is 75.4 Å². The molecule has 0 unspecified atom stereocenters. The molecule has 1 heterocycles. The fourth-order valence-electron chi connectivity index (χ4n) is 2.96. The van der Waals surface area contributed by atoms with Crippen LogP contribution in [0.5, 0.6) is 0 Å². The monoisotopic (exact) mass is 381 g/mol. The number of rotatable bonds is 5. The summed E-state index contributed by atoms with van der Waals surface area (Å²) in [6.07, 6.45) is 2.44. The molecule has 3 aromatic rings. The molecule has 144 valence electrons. The second-order valence-electron chi connectivity index (χ2n) is 6.50. The highest BCUT2D eigenvalue weighted by molar-refractivity contribution is 5.87. The number of benzene rings is 2. The van der Waals surface area contributed by atoms with E-state index in [2.05, 4.69) is 4.98 Å². The zero-order valence-electron chi connectivity index (χ0n) is 15.8. The summed E-state index contributed by atoms with van der Waals surface area (Å²) in [4.78, 5) is 30.3. The molecule has 0 aliphatic heterocycles. The van der Waals surface area contributed by atoms with E-state index in [0.29, 0.717) is 17.9 Å². The van der Waals surface area contributed by atoms with Crippen LogP contribution in [0.3, 0.4) is 0 Å². The van der Waals surface area contributed by atoms with Crippen LogP contribution < -0.4 is 10.5 Å². The van der Waals surface area contributed by atoms with Gasteiger partial charge in [-0.3, -0.25) is 9.36 Å². The van der Waals surface area contributed by atoms with Gasteiger partial charge in [-0.1, -0.05) is 6.92 Å². The summed E-state index contributed by atoms with van der Waals surface area (Å²) < 4.78 is 15.8. The van der Waals surface area contributed by atoms with E-state index in [1.807, 2.05) is 50.2 Å². The third-order valence-electron chi connectivity index (χ3n) is 4.40. The number of aliphatic carboxylic acids is 1. The SMILES string of the molecule is CCc1nc2cc(F)c(C=CC(=O)O)cc2c(=O)n1-c1ccc(N(C)C)cc1. The largest absolute Gasteiger partial charge is 0.478 e. The van der Waals surface area contributed by atoms with E-state index < -0.39 is 11.8 Å². The van der Waals surface area contributed by atoms with Gasteiger partial charge in [0.2, 0.25) is 0 Å². The average Bonchev–Trinajstić information content (AvgIpc) is 2.66. The molecule has 28 heavy (non-hydrogen) atoms. The Bertz CT molecular complexity index is 1130. The lowest BCUT2D eigenvalue weighted by Crippen LogP contribution is -2.24. The second kappa shape index (κ2) is 7.64. The number of aromatic nitrogens is 2. The van der Waals surface area contributed by atoms with Gasteiger partial charge in [-0.2, -0.15) is 0 Å². The molecule has 6 nitrogen and oxygen atoms in total. The van der Waals surface area contributed by atoms with Crippen molar-refractivity contribution in [3.63, 3.8) is 0 Å². The van der Waals surface area contributed by atoms with Gasteiger partial charge in [-0.25, -0.2) is 14.2 Å². The molecule has 0 saturated carbocycles. The first-order chi connectivity index (χ1) is 13.3. The Morgan fingerprint density at radius 2 is 1.93 bits per heavy atom. The first kappa shape index (κ1) is 19.3. The Morgan fingerprint density at radius 1 is 1.25 bits per heavy atom. The van der Waals surface area contributed by atoms with Crippen LogP contribution in [-0.2, 0) is 11.2 Å². The number of hydrogen-bond donors (Lipinski definition) is 1. The summed E-state index contributed by atoms with van der Waals surface area (Å²) in [7, 11) is 3.86. The van der Waals surface area contributed by atoms with Gasteiger partial charge in [-0.05, 0) is 36.4 Å². The Morgan fingerprint density at radius 3 is 2.50 bits per heavy atom. The molecule has 0 aliphatic carbocycles. The molecule has 0 fully saturated rings. The number of aryl methyl sites for hydroxylation is 1. The fourth-order valence-corrected chi connectivity index (χ4v) is 2.96. The van der Waals surface area contributed by atoms with Gasteiger partial charge >= 0.3 is 5.97 Å². The maximum absolute atomic E-state index is 14.3. The molecular weight excluding hydrogens is 361 g/mol. The Hall–Kier alpha value is -3.48. The van der Waals surface area contributed by atoms with Gasteiger partial charge in [0.25, 0.3) is 5.56 Å². The predicted octanol–water partition coefficient (Wildman–Crippen LogP) is 3.25. The highest BCUT2D eigenvalue weighted by Gasteiger charge is 2.14. The minimum absolute atomic E-state index is 0.0209. The van der Waals surface area contributed by atoms with Crippen molar-refractivity contribution in [1.82, 2.24) is 9.55 Å². The fraction of sp³-hybridized carbons (Fsp3) is 0.190. The number of carboxylic acids is 1. The lowest BCUT2D eigenvalue weighted by molar-refractivity contribution is -0.131. The van der Waals surface area contributed by atoms with Gasteiger partial charge in [0, 0.05) is 43.9 Å². The van der Waals surface area contributed by atoms with Crippen LogP contribution in [0.2, 0.25) is 0 Å². The van der Waals surface area contributed by atoms with Gasteiger partial charge in [0.1, 0.15) is 11.6 Å². The summed E-state index contributed by atoms with van der Waals surface area (Å²) >= 11 is 0. The normalized spacial score (nSPS) is 11.3. The number of carbonyl (C=O) groups is 1. The van der Waals surface area contributed by atoms with Crippen molar-refractivity contribution in [3.05, 3.63) is 70.0 Å². The molecule has 2 aromatic carbocycles. The Kier molecular flexibility index (Phi) is 5.26. The summed E-state index contributed by atoms with van der Waals surface area (Å²) in [5.41, 5.74) is 1.59. The van der Waals surface area contributed by atoms with Crippen LogP contribution in [0, 0.1) is 5.82 Å². The Balaban J connectivity index is 2.24. The maximum Gasteiger partial charge on any atom is 0.328 e. The molecule has 0 aliphatic rings. The first-order valence-corrected chi connectivity index (χ1v) is 8.75.